The van der Waals surface area contributed by atoms with Crippen molar-refractivity contribution in [1.29, 1.82) is 0 Å². The fourth-order valence-corrected chi connectivity index (χ4v) is 4.34. The molecule has 2 aromatic rings. The van der Waals surface area contributed by atoms with Crippen molar-refractivity contribution in [2.24, 2.45) is 0 Å². The molecule has 1 aliphatic rings. The predicted molar refractivity (Wildman–Crippen MR) is 104 cm³/mol. The Bertz CT molecular complexity index is 786. The second kappa shape index (κ2) is 8.62. The fourth-order valence-electron chi connectivity index (χ4n) is 2.97. The predicted octanol–water partition coefficient (Wildman–Crippen LogP) is 2.06. The van der Waals surface area contributed by atoms with E-state index in [0.29, 0.717) is 18.9 Å². The molecule has 140 valence electrons. The SMILES string of the molecule is CN1CCN(S(=O)(=O)c2ccc(NCCCc3ccccc3)nc2)CC1. The van der Waals surface area contributed by atoms with Gasteiger partial charge in [-0.1, -0.05) is 30.3 Å². The zero-order valence-electron chi connectivity index (χ0n) is 15.1. The first-order valence-electron chi connectivity index (χ1n) is 8.98. The fraction of sp³-hybridized carbons (Fsp3) is 0.421. The largest absolute Gasteiger partial charge is 0.370 e. The Balaban J connectivity index is 1.51. The van der Waals surface area contributed by atoms with Crippen LogP contribution in [0.4, 0.5) is 5.82 Å². The number of anilines is 1. The Morgan fingerprint density at radius 1 is 1.04 bits per heavy atom. The lowest BCUT2D eigenvalue weighted by molar-refractivity contribution is 0.222. The number of nitrogens with zero attached hydrogens (tertiary/aromatic N) is 3. The molecule has 6 nitrogen and oxygen atoms in total. The van der Waals surface area contributed by atoms with Gasteiger partial charge in [0.25, 0.3) is 0 Å². The van der Waals surface area contributed by atoms with Crippen LogP contribution in [0.25, 0.3) is 0 Å². The smallest absolute Gasteiger partial charge is 0.244 e. The number of sulfonamides is 1. The van der Waals surface area contributed by atoms with Crippen LogP contribution in [0.15, 0.2) is 53.6 Å². The number of likely N-dealkylation sites (N-methyl/N-ethyl adjacent to an activating group) is 1. The second-order valence-electron chi connectivity index (χ2n) is 6.60. The van der Waals surface area contributed by atoms with E-state index in [-0.39, 0.29) is 4.90 Å². The Morgan fingerprint density at radius 3 is 2.42 bits per heavy atom. The van der Waals surface area contributed by atoms with Crippen LogP contribution in [0.2, 0.25) is 0 Å². The number of nitrogens with one attached hydrogen (secondary N) is 1. The first-order chi connectivity index (χ1) is 12.6. The molecule has 0 bridgehead atoms. The summed E-state index contributed by atoms with van der Waals surface area (Å²) in [6.45, 7) is 3.37. The van der Waals surface area contributed by atoms with Gasteiger partial charge in [0.1, 0.15) is 10.7 Å². The van der Waals surface area contributed by atoms with Crippen molar-refractivity contribution < 1.29 is 8.42 Å². The number of hydrogen-bond acceptors (Lipinski definition) is 5. The maximum atomic E-state index is 12.7. The summed E-state index contributed by atoms with van der Waals surface area (Å²) in [7, 11) is -1.44. The third kappa shape index (κ3) is 4.81. The van der Waals surface area contributed by atoms with E-state index in [1.54, 1.807) is 12.1 Å². The minimum absolute atomic E-state index is 0.261. The van der Waals surface area contributed by atoms with E-state index in [2.05, 4.69) is 27.3 Å². The van der Waals surface area contributed by atoms with Crippen LogP contribution < -0.4 is 5.32 Å². The van der Waals surface area contributed by atoms with Gasteiger partial charge in [-0.05, 0) is 37.6 Å². The molecule has 0 amide bonds. The van der Waals surface area contributed by atoms with Gasteiger partial charge in [0.05, 0.1) is 0 Å². The molecule has 0 saturated carbocycles. The molecule has 0 aliphatic carbocycles. The lowest BCUT2D eigenvalue weighted by atomic mass is 10.1. The monoisotopic (exact) mass is 374 g/mol. The summed E-state index contributed by atoms with van der Waals surface area (Å²) in [4.78, 5) is 6.66. The average molecular weight is 375 g/mol. The average Bonchev–Trinajstić information content (AvgIpc) is 2.67. The zero-order chi connectivity index (χ0) is 18.4. The van der Waals surface area contributed by atoms with Crippen LogP contribution in [-0.4, -0.2) is 62.4 Å². The Kier molecular flexibility index (Phi) is 6.24. The highest BCUT2D eigenvalue weighted by atomic mass is 32.2. The molecule has 1 aliphatic heterocycles. The van der Waals surface area contributed by atoms with E-state index in [0.717, 1.165) is 32.5 Å². The number of pyridine rings is 1. The molecule has 2 heterocycles. The molecule has 0 radical (unpaired) electrons. The number of piperazine rings is 1. The molecule has 7 heteroatoms. The molecule has 1 aromatic carbocycles. The van der Waals surface area contributed by atoms with Crippen LogP contribution in [0.1, 0.15) is 12.0 Å². The Hall–Kier alpha value is -1.96. The quantitative estimate of drug-likeness (QED) is 0.752. The van der Waals surface area contributed by atoms with Crippen LogP contribution in [0, 0.1) is 0 Å². The number of aryl methyl sites for hydroxylation is 1. The number of aromatic nitrogens is 1. The van der Waals surface area contributed by atoms with Crippen molar-refractivity contribution in [2.45, 2.75) is 17.7 Å². The summed E-state index contributed by atoms with van der Waals surface area (Å²) in [6.07, 6.45) is 3.45. The van der Waals surface area contributed by atoms with E-state index in [9.17, 15) is 8.42 Å². The van der Waals surface area contributed by atoms with Crippen LogP contribution in [-0.2, 0) is 16.4 Å². The summed E-state index contributed by atoms with van der Waals surface area (Å²) < 4.78 is 26.9. The molecule has 26 heavy (non-hydrogen) atoms. The van der Waals surface area contributed by atoms with Crippen molar-refractivity contribution in [1.82, 2.24) is 14.2 Å². The van der Waals surface area contributed by atoms with Crippen molar-refractivity contribution in [3.05, 3.63) is 54.2 Å². The van der Waals surface area contributed by atoms with Gasteiger partial charge >= 0.3 is 0 Å². The summed E-state index contributed by atoms with van der Waals surface area (Å²) in [5.74, 6) is 0.704. The number of hydrogen-bond donors (Lipinski definition) is 1. The highest BCUT2D eigenvalue weighted by Crippen LogP contribution is 2.18. The molecule has 3 rings (SSSR count). The van der Waals surface area contributed by atoms with Gasteiger partial charge in [0.15, 0.2) is 0 Å². The Morgan fingerprint density at radius 2 is 1.77 bits per heavy atom. The maximum Gasteiger partial charge on any atom is 0.244 e. The van der Waals surface area contributed by atoms with E-state index in [1.165, 1.54) is 16.1 Å². The first-order valence-corrected chi connectivity index (χ1v) is 10.4. The zero-order valence-corrected chi connectivity index (χ0v) is 16.0. The second-order valence-corrected chi connectivity index (χ2v) is 8.54. The minimum Gasteiger partial charge on any atom is -0.370 e. The van der Waals surface area contributed by atoms with E-state index < -0.39 is 10.0 Å². The van der Waals surface area contributed by atoms with Crippen molar-refractivity contribution in [3.63, 3.8) is 0 Å². The van der Waals surface area contributed by atoms with Crippen molar-refractivity contribution in [2.75, 3.05) is 45.1 Å². The van der Waals surface area contributed by atoms with E-state index >= 15 is 0 Å². The normalized spacial score (nSPS) is 16.5. The molecule has 0 atom stereocenters. The lowest BCUT2D eigenvalue weighted by Crippen LogP contribution is -2.47. The Labute approximate surface area is 155 Å². The summed E-state index contributed by atoms with van der Waals surface area (Å²) in [5, 5.41) is 3.25. The molecule has 0 spiro atoms. The van der Waals surface area contributed by atoms with Crippen molar-refractivity contribution >= 4 is 15.8 Å². The van der Waals surface area contributed by atoms with Crippen LogP contribution >= 0.6 is 0 Å². The maximum absolute atomic E-state index is 12.7. The molecule has 1 saturated heterocycles. The highest BCUT2D eigenvalue weighted by molar-refractivity contribution is 7.89. The molecule has 1 aromatic heterocycles. The minimum atomic E-state index is -3.45. The summed E-state index contributed by atoms with van der Waals surface area (Å²) in [6, 6.07) is 13.7. The summed E-state index contributed by atoms with van der Waals surface area (Å²) >= 11 is 0. The van der Waals surface area contributed by atoms with Crippen LogP contribution in [0.5, 0.6) is 0 Å². The third-order valence-corrected chi connectivity index (χ3v) is 6.51. The van der Waals surface area contributed by atoms with Gasteiger partial charge in [-0.3, -0.25) is 0 Å². The summed E-state index contributed by atoms with van der Waals surface area (Å²) in [5.41, 5.74) is 1.32. The van der Waals surface area contributed by atoms with Crippen LogP contribution in [0.3, 0.4) is 0 Å². The molecule has 0 unspecified atom stereocenters. The lowest BCUT2D eigenvalue weighted by Gasteiger charge is -2.31. The number of benzene rings is 1. The standard InChI is InChI=1S/C19H26N4O2S/c1-22-12-14-23(15-13-22)26(24,25)18-9-10-19(21-16-18)20-11-5-8-17-6-3-2-4-7-17/h2-4,6-7,9-10,16H,5,8,11-15H2,1H3,(H,20,21). The van der Waals surface area contributed by atoms with Gasteiger partial charge in [-0.15, -0.1) is 0 Å². The molecular weight excluding hydrogens is 348 g/mol. The van der Waals surface area contributed by atoms with E-state index in [1.807, 2.05) is 25.2 Å². The van der Waals surface area contributed by atoms with Gasteiger partial charge in [-0.2, -0.15) is 4.31 Å². The van der Waals surface area contributed by atoms with Gasteiger partial charge in [0.2, 0.25) is 10.0 Å². The van der Waals surface area contributed by atoms with Gasteiger partial charge in [0, 0.05) is 38.9 Å². The topological polar surface area (TPSA) is 65.5 Å². The molecule has 1 fully saturated rings. The number of rotatable bonds is 7. The van der Waals surface area contributed by atoms with E-state index in [4.69, 9.17) is 0 Å². The van der Waals surface area contributed by atoms with Crippen molar-refractivity contribution in [3.8, 4) is 0 Å². The third-order valence-electron chi connectivity index (χ3n) is 4.63. The van der Waals surface area contributed by atoms with Gasteiger partial charge in [-0.25, -0.2) is 13.4 Å². The molecule has 1 N–H and O–H groups in total. The van der Waals surface area contributed by atoms with Gasteiger partial charge < -0.3 is 10.2 Å². The highest BCUT2D eigenvalue weighted by Gasteiger charge is 2.27. The molecular formula is C19H26N4O2S. The first kappa shape index (κ1) is 18.8.